The highest BCUT2D eigenvalue weighted by Crippen LogP contribution is 2.21. The minimum atomic E-state index is -0.974. The van der Waals surface area contributed by atoms with Crippen LogP contribution in [0.2, 0.25) is 0 Å². The summed E-state index contributed by atoms with van der Waals surface area (Å²) in [6, 6.07) is -1.18. The number of nitrogens with one attached hydrogen (secondary N) is 2. The molecule has 0 bridgehead atoms. The van der Waals surface area contributed by atoms with Crippen LogP contribution in [0.3, 0.4) is 0 Å². The number of aliphatic carboxylic acids is 1. The average Bonchev–Trinajstić information content (AvgIpc) is 2.42. The number of carboxylic acid groups (broad SMARTS) is 1. The van der Waals surface area contributed by atoms with E-state index in [4.69, 9.17) is 5.11 Å². The maximum absolute atomic E-state index is 11.7. The first-order valence-electron chi connectivity index (χ1n) is 6.89. The van der Waals surface area contributed by atoms with Crippen LogP contribution in [0, 0.1) is 11.8 Å². The molecule has 1 fully saturated rings. The molecule has 0 spiro atoms. The third-order valence-corrected chi connectivity index (χ3v) is 4.71. The van der Waals surface area contributed by atoms with Crippen LogP contribution in [0.5, 0.6) is 0 Å². The van der Waals surface area contributed by atoms with Gasteiger partial charge in [0.05, 0.1) is 0 Å². The number of rotatable bonds is 6. The number of carbonyl (C=O) groups is 2. The van der Waals surface area contributed by atoms with Crippen molar-refractivity contribution >= 4 is 23.8 Å². The van der Waals surface area contributed by atoms with E-state index in [2.05, 4.69) is 10.6 Å². The summed E-state index contributed by atoms with van der Waals surface area (Å²) in [6.45, 7) is 4.39. The number of carboxylic acids is 1. The summed E-state index contributed by atoms with van der Waals surface area (Å²) in [5.41, 5.74) is 0. The van der Waals surface area contributed by atoms with Crippen molar-refractivity contribution in [3.05, 3.63) is 0 Å². The first-order valence-corrected chi connectivity index (χ1v) is 8.05. The number of carbonyl (C=O) groups excluding carboxylic acids is 1. The molecule has 0 aromatic heterocycles. The van der Waals surface area contributed by atoms with Gasteiger partial charge >= 0.3 is 12.0 Å². The van der Waals surface area contributed by atoms with Gasteiger partial charge in [-0.25, -0.2) is 9.59 Å². The molecule has 0 aliphatic carbocycles. The van der Waals surface area contributed by atoms with Crippen molar-refractivity contribution in [3.8, 4) is 0 Å². The van der Waals surface area contributed by atoms with Crippen LogP contribution in [0.25, 0.3) is 0 Å². The average molecular weight is 288 g/mol. The Morgan fingerprint density at radius 1 is 1.37 bits per heavy atom. The monoisotopic (exact) mass is 288 g/mol. The molecule has 1 heterocycles. The Bertz CT molecular complexity index is 306. The number of hydrogen-bond donors (Lipinski definition) is 3. The fraction of sp³-hybridized carbons (Fsp3) is 0.846. The lowest BCUT2D eigenvalue weighted by atomic mass is 9.99. The van der Waals surface area contributed by atoms with Gasteiger partial charge in [0.1, 0.15) is 6.04 Å². The van der Waals surface area contributed by atoms with Crippen molar-refractivity contribution < 1.29 is 14.7 Å². The van der Waals surface area contributed by atoms with Crippen LogP contribution in [0.1, 0.15) is 33.1 Å². The Balaban J connectivity index is 2.33. The van der Waals surface area contributed by atoms with E-state index in [0.29, 0.717) is 12.5 Å². The summed E-state index contributed by atoms with van der Waals surface area (Å²) in [5, 5.41) is 14.4. The second-order valence-electron chi connectivity index (χ2n) is 5.11. The molecule has 0 saturated carbocycles. The van der Waals surface area contributed by atoms with Crippen molar-refractivity contribution in [2.24, 2.45) is 11.8 Å². The van der Waals surface area contributed by atoms with Crippen molar-refractivity contribution in [2.45, 2.75) is 39.2 Å². The topological polar surface area (TPSA) is 78.4 Å². The summed E-state index contributed by atoms with van der Waals surface area (Å²) in [5.74, 6) is 1.78. The number of amides is 2. The Morgan fingerprint density at radius 3 is 2.53 bits per heavy atom. The summed E-state index contributed by atoms with van der Waals surface area (Å²) < 4.78 is 0. The Hall–Kier alpha value is -0.910. The molecule has 0 aromatic carbocycles. The van der Waals surface area contributed by atoms with Gasteiger partial charge in [-0.2, -0.15) is 11.8 Å². The third-order valence-electron chi connectivity index (χ3n) is 3.66. The van der Waals surface area contributed by atoms with E-state index in [1.54, 1.807) is 0 Å². The molecule has 19 heavy (non-hydrogen) atoms. The molecule has 1 saturated heterocycles. The van der Waals surface area contributed by atoms with Crippen molar-refractivity contribution in [1.29, 1.82) is 0 Å². The molecule has 3 N–H and O–H groups in total. The van der Waals surface area contributed by atoms with E-state index >= 15 is 0 Å². The molecule has 1 aliphatic heterocycles. The van der Waals surface area contributed by atoms with E-state index in [1.165, 1.54) is 0 Å². The molecular formula is C13H24N2O3S. The second kappa shape index (κ2) is 8.30. The van der Waals surface area contributed by atoms with E-state index in [1.807, 2.05) is 25.6 Å². The van der Waals surface area contributed by atoms with Gasteiger partial charge in [-0.3, -0.25) is 0 Å². The molecule has 1 aliphatic rings. The SMILES string of the molecule is CCC(C)C(NC(=O)NCC1CCSCC1)C(=O)O. The predicted octanol–water partition coefficient (Wildman–Crippen LogP) is 1.93. The van der Waals surface area contributed by atoms with Gasteiger partial charge in [0.2, 0.25) is 0 Å². The van der Waals surface area contributed by atoms with Crippen molar-refractivity contribution in [2.75, 3.05) is 18.1 Å². The van der Waals surface area contributed by atoms with Crippen LogP contribution >= 0.6 is 11.8 Å². The zero-order chi connectivity index (χ0) is 14.3. The summed E-state index contributed by atoms with van der Waals surface area (Å²) in [4.78, 5) is 22.8. The highest BCUT2D eigenvalue weighted by molar-refractivity contribution is 7.99. The Kier molecular flexibility index (Phi) is 7.05. The fourth-order valence-electron chi connectivity index (χ4n) is 2.06. The molecule has 6 heteroatoms. The smallest absolute Gasteiger partial charge is 0.326 e. The molecule has 2 unspecified atom stereocenters. The Labute approximate surface area is 118 Å². The largest absolute Gasteiger partial charge is 0.480 e. The van der Waals surface area contributed by atoms with E-state index < -0.39 is 12.0 Å². The second-order valence-corrected chi connectivity index (χ2v) is 6.34. The molecule has 1 rings (SSSR count). The minimum absolute atomic E-state index is 0.0747. The molecule has 110 valence electrons. The van der Waals surface area contributed by atoms with Gasteiger partial charge in [0, 0.05) is 6.54 Å². The third kappa shape index (κ3) is 5.72. The van der Waals surface area contributed by atoms with Gasteiger partial charge < -0.3 is 15.7 Å². The molecule has 0 radical (unpaired) electrons. The first-order chi connectivity index (χ1) is 9.04. The zero-order valence-electron chi connectivity index (χ0n) is 11.6. The number of hydrogen-bond acceptors (Lipinski definition) is 3. The maximum atomic E-state index is 11.7. The van der Waals surface area contributed by atoms with Crippen molar-refractivity contribution in [3.63, 3.8) is 0 Å². The van der Waals surface area contributed by atoms with Gasteiger partial charge in [0.25, 0.3) is 0 Å². The van der Waals surface area contributed by atoms with Crippen LogP contribution in [-0.2, 0) is 4.79 Å². The minimum Gasteiger partial charge on any atom is -0.480 e. The highest BCUT2D eigenvalue weighted by atomic mass is 32.2. The zero-order valence-corrected chi connectivity index (χ0v) is 12.5. The summed E-state index contributed by atoms with van der Waals surface area (Å²) in [7, 11) is 0. The lowest BCUT2D eigenvalue weighted by Crippen LogP contribution is -2.50. The lowest BCUT2D eigenvalue weighted by molar-refractivity contribution is -0.140. The molecule has 2 amide bonds. The molecular weight excluding hydrogens is 264 g/mol. The van der Waals surface area contributed by atoms with E-state index in [0.717, 1.165) is 30.8 Å². The maximum Gasteiger partial charge on any atom is 0.326 e. The van der Waals surface area contributed by atoms with Crippen LogP contribution in [0.4, 0.5) is 4.79 Å². The quantitative estimate of drug-likeness (QED) is 0.698. The van der Waals surface area contributed by atoms with Gasteiger partial charge in [-0.1, -0.05) is 20.3 Å². The Morgan fingerprint density at radius 2 is 2.00 bits per heavy atom. The van der Waals surface area contributed by atoms with Gasteiger partial charge in [-0.15, -0.1) is 0 Å². The van der Waals surface area contributed by atoms with Crippen LogP contribution < -0.4 is 10.6 Å². The highest BCUT2D eigenvalue weighted by Gasteiger charge is 2.25. The van der Waals surface area contributed by atoms with Crippen molar-refractivity contribution in [1.82, 2.24) is 10.6 Å². The predicted molar refractivity (Wildman–Crippen MR) is 77.5 cm³/mol. The molecule has 2 atom stereocenters. The molecule has 5 nitrogen and oxygen atoms in total. The number of urea groups is 1. The normalized spacial score (nSPS) is 19.5. The summed E-state index contributed by atoms with van der Waals surface area (Å²) in [6.07, 6.45) is 2.97. The fourth-order valence-corrected chi connectivity index (χ4v) is 3.27. The lowest BCUT2D eigenvalue weighted by Gasteiger charge is -2.23. The molecule has 0 aromatic rings. The van der Waals surface area contributed by atoms with Crippen LogP contribution in [0.15, 0.2) is 0 Å². The van der Waals surface area contributed by atoms with E-state index in [-0.39, 0.29) is 11.9 Å². The first kappa shape index (κ1) is 16.1. The van der Waals surface area contributed by atoms with E-state index in [9.17, 15) is 9.59 Å². The van der Waals surface area contributed by atoms with Gasteiger partial charge in [-0.05, 0) is 36.2 Å². The van der Waals surface area contributed by atoms with Gasteiger partial charge in [0.15, 0.2) is 0 Å². The van der Waals surface area contributed by atoms with Crippen LogP contribution in [-0.4, -0.2) is 41.2 Å². The number of thioether (sulfide) groups is 1. The summed E-state index contributed by atoms with van der Waals surface area (Å²) >= 11 is 1.95. The standard InChI is InChI=1S/C13H24N2O3S/c1-3-9(2)11(12(16)17)15-13(18)14-8-10-4-6-19-7-5-10/h9-11H,3-8H2,1-2H3,(H,16,17)(H2,14,15,18).